The monoisotopic (exact) mass is 368 g/mol. The fourth-order valence-corrected chi connectivity index (χ4v) is 2.36. The molecule has 1 aromatic carbocycles. The average Bonchev–Trinajstić information content (AvgIpc) is 3.15. The van der Waals surface area contributed by atoms with Gasteiger partial charge in [-0.2, -0.15) is 5.10 Å². The molecule has 9 heteroatoms. The van der Waals surface area contributed by atoms with Gasteiger partial charge in [0.2, 0.25) is 0 Å². The number of carbonyl (C=O) groups excluding carboxylic acids is 2. The van der Waals surface area contributed by atoms with Crippen LogP contribution in [0.3, 0.4) is 0 Å². The van der Waals surface area contributed by atoms with Crippen molar-refractivity contribution in [3.63, 3.8) is 0 Å². The van der Waals surface area contributed by atoms with E-state index < -0.39 is 24.0 Å². The van der Waals surface area contributed by atoms with Gasteiger partial charge in [0.05, 0.1) is 5.71 Å². The number of amides is 2. The third kappa shape index (κ3) is 5.42. The van der Waals surface area contributed by atoms with E-state index in [4.69, 9.17) is 11.6 Å². The lowest BCUT2D eigenvalue weighted by atomic mass is 10.1. The van der Waals surface area contributed by atoms with Crippen molar-refractivity contribution in [3.05, 3.63) is 29.8 Å². The molecule has 0 radical (unpaired) electrons. The molecule has 0 fully saturated rings. The van der Waals surface area contributed by atoms with Gasteiger partial charge in [-0.3, -0.25) is 9.59 Å². The molecule has 0 saturated heterocycles. The summed E-state index contributed by atoms with van der Waals surface area (Å²) >= 11 is 5.48. The summed E-state index contributed by atoms with van der Waals surface area (Å²) in [4.78, 5) is 23.6. The highest BCUT2D eigenvalue weighted by Gasteiger charge is 2.30. The van der Waals surface area contributed by atoms with Gasteiger partial charge < -0.3 is 26.3 Å². The highest BCUT2D eigenvalue weighted by molar-refractivity contribution is 6.17. The van der Waals surface area contributed by atoms with E-state index in [1.165, 1.54) is 0 Å². The van der Waals surface area contributed by atoms with Crippen LogP contribution in [-0.2, 0) is 9.59 Å². The van der Waals surface area contributed by atoms with Gasteiger partial charge in [0.25, 0.3) is 11.8 Å². The highest BCUT2D eigenvalue weighted by Crippen LogP contribution is 2.14. The van der Waals surface area contributed by atoms with E-state index in [1.54, 1.807) is 24.3 Å². The number of hydrazone groups is 1. The number of halogens is 1. The van der Waals surface area contributed by atoms with E-state index in [-0.39, 0.29) is 6.54 Å². The zero-order valence-electron chi connectivity index (χ0n) is 13.5. The summed E-state index contributed by atoms with van der Waals surface area (Å²) in [6.45, 7) is 1.05. The second-order valence-electron chi connectivity index (χ2n) is 5.51. The Morgan fingerprint density at radius 2 is 1.88 bits per heavy atom. The van der Waals surface area contributed by atoms with Gasteiger partial charge in [-0.15, -0.1) is 11.6 Å². The Morgan fingerprint density at radius 1 is 1.20 bits per heavy atom. The summed E-state index contributed by atoms with van der Waals surface area (Å²) in [5.74, 6) is -1.33. The Kier molecular flexibility index (Phi) is 7.17. The molecule has 0 bridgehead atoms. The normalized spacial score (nSPS) is 15.7. The molecule has 2 amide bonds. The Morgan fingerprint density at radius 3 is 2.48 bits per heavy atom. The van der Waals surface area contributed by atoms with Crippen LogP contribution in [-0.4, -0.2) is 58.9 Å². The maximum atomic E-state index is 12.0. The Balaban J connectivity index is 1.88. The number of nitrogens with one attached hydrogen (secondary N) is 3. The van der Waals surface area contributed by atoms with E-state index in [9.17, 15) is 19.8 Å². The lowest BCUT2D eigenvalue weighted by Crippen LogP contribution is -2.47. The number of hydrogen-bond acceptors (Lipinski definition) is 6. The van der Waals surface area contributed by atoms with Crippen molar-refractivity contribution in [2.45, 2.75) is 25.0 Å². The van der Waals surface area contributed by atoms with Crippen molar-refractivity contribution >= 4 is 34.8 Å². The number of rotatable bonds is 8. The third-order valence-corrected chi connectivity index (χ3v) is 3.89. The number of anilines is 1. The van der Waals surface area contributed by atoms with Gasteiger partial charge in [0, 0.05) is 31.1 Å². The summed E-state index contributed by atoms with van der Waals surface area (Å²) in [5.41, 5.74) is 5.19. The van der Waals surface area contributed by atoms with Crippen LogP contribution in [0.25, 0.3) is 0 Å². The molecular formula is C16H21ClN4O4. The van der Waals surface area contributed by atoms with Crippen molar-refractivity contribution in [3.8, 4) is 0 Å². The fourth-order valence-electron chi connectivity index (χ4n) is 2.22. The van der Waals surface area contributed by atoms with Gasteiger partial charge >= 0.3 is 0 Å². The summed E-state index contributed by atoms with van der Waals surface area (Å²) in [7, 11) is 0. The SMILES string of the molecule is O=C(Nc1ccc(C2=NNCC2)cc1)C(O)[C@@H](O)C(=O)NCCCCl. The molecule has 0 aliphatic carbocycles. The molecule has 136 valence electrons. The first-order chi connectivity index (χ1) is 12.0. The Labute approximate surface area is 150 Å². The van der Waals surface area contributed by atoms with E-state index in [0.29, 0.717) is 18.0 Å². The third-order valence-electron chi connectivity index (χ3n) is 3.62. The smallest absolute Gasteiger partial charge is 0.256 e. The predicted molar refractivity (Wildman–Crippen MR) is 94.6 cm³/mol. The molecule has 1 aliphatic rings. The van der Waals surface area contributed by atoms with Crippen LogP contribution in [0.15, 0.2) is 29.4 Å². The second kappa shape index (κ2) is 9.36. The van der Waals surface area contributed by atoms with Crippen LogP contribution >= 0.6 is 11.6 Å². The molecule has 2 rings (SSSR count). The highest BCUT2D eigenvalue weighted by atomic mass is 35.5. The molecule has 0 spiro atoms. The number of nitrogens with zero attached hydrogens (tertiary/aromatic N) is 1. The number of carbonyl (C=O) groups is 2. The van der Waals surface area contributed by atoms with Crippen LogP contribution in [0.2, 0.25) is 0 Å². The van der Waals surface area contributed by atoms with Crippen molar-refractivity contribution in [1.82, 2.24) is 10.7 Å². The second-order valence-corrected chi connectivity index (χ2v) is 5.88. The molecular weight excluding hydrogens is 348 g/mol. The van der Waals surface area contributed by atoms with Crippen LogP contribution < -0.4 is 16.1 Å². The van der Waals surface area contributed by atoms with E-state index in [2.05, 4.69) is 21.2 Å². The molecule has 1 aliphatic heterocycles. The molecule has 1 heterocycles. The van der Waals surface area contributed by atoms with Crippen molar-refractivity contribution in [2.24, 2.45) is 5.10 Å². The van der Waals surface area contributed by atoms with E-state index in [1.807, 2.05) is 0 Å². The van der Waals surface area contributed by atoms with Crippen LogP contribution in [0.1, 0.15) is 18.4 Å². The first kappa shape index (κ1) is 19.2. The molecule has 25 heavy (non-hydrogen) atoms. The zero-order valence-corrected chi connectivity index (χ0v) is 14.3. The quantitative estimate of drug-likeness (QED) is 0.321. The first-order valence-electron chi connectivity index (χ1n) is 7.93. The van der Waals surface area contributed by atoms with Crippen LogP contribution in [0, 0.1) is 0 Å². The van der Waals surface area contributed by atoms with Crippen molar-refractivity contribution in [1.29, 1.82) is 0 Å². The lowest BCUT2D eigenvalue weighted by Gasteiger charge is -2.17. The molecule has 0 aromatic heterocycles. The Bertz CT molecular complexity index is 636. The molecule has 1 unspecified atom stereocenters. The topological polar surface area (TPSA) is 123 Å². The van der Waals surface area contributed by atoms with Crippen molar-refractivity contribution in [2.75, 3.05) is 24.3 Å². The zero-order chi connectivity index (χ0) is 18.2. The summed E-state index contributed by atoms with van der Waals surface area (Å²) < 4.78 is 0. The summed E-state index contributed by atoms with van der Waals surface area (Å²) in [5, 5.41) is 28.6. The van der Waals surface area contributed by atoms with E-state index >= 15 is 0 Å². The molecule has 2 atom stereocenters. The largest absolute Gasteiger partial charge is 0.380 e. The Hall–Kier alpha value is -2.16. The molecule has 0 saturated carbocycles. The van der Waals surface area contributed by atoms with E-state index in [0.717, 1.165) is 24.2 Å². The van der Waals surface area contributed by atoms with Gasteiger partial charge in [0.15, 0.2) is 12.2 Å². The fraction of sp³-hybridized carbons (Fsp3) is 0.438. The molecule has 1 aromatic rings. The lowest BCUT2D eigenvalue weighted by molar-refractivity contribution is -0.143. The van der Waals surface area contributed by atoms with Crippen LogP contribution in [0.4, 0.5) is 5.69 Å². The molecule has 5 N–H and O–H groups in total. The molecule has 8 nitrogen and oxygen atoms in total. The summed E-state index contributed by atoms with van der Waals surface area (Å²) in [6.07, 6.45) is -2.38. The first-order valence-corrected chi connectivity index (χ1v) is 8.47. The maximum Gasteiger partial charge on any atom is 0.256 e. The van der Waals surface area contributed by atoms with Gasteiger partial charge in [-0.25, -0.2) is 0 Å². The number of aliphatic hydroxyl groups excluding tert-OH is 2. The van der Waals surface area contributed by atoms with Gasteiger partial charge in [-0.05, 0) is 24.1 Å². The van der Waals surface area contributed by atoms with Gasteiger partial charge in [0.1, 0.15) is 0 Å². The maximum absolute atomic E-state index is 12.0. The minimum atomic E-state index is -1.88. The van der Waals surface area contributed by atoms with Crippen molar-refractivity contribution < 1.29 is 19.8 Å². The van der Waals surface area contributed by atoms with Crippen LogP contribution in [0.5, 0.6) is 0 Å². The summed E-state index contributed by atoms with van der Waals surface area (Å²) in [6, 6.07) is 6.91. The van der Waals surface area contributed by atoms with Gasteiger partial charge in [-0.1, -0.05) is 12.1 Å². The predicted octanol–water partition coefficient (Wildman–Crippen LogP) is -0.211. The minimum absolute atomic E-state index is 0.258. The number of aliphatic hydroxyl groups is 2. The standard InChI is InChI=1S/C16H21ClN4O4/c17-7-1-8-18-15(24)13(22)14(23)16(25)20-11-4-2-10(3-5-11)12-6-9-19-21-12/h2-5,13-14,19,22-23H,1,6-9H2,(H,18,24)(H,20,25)/t13-,14?/m1/s1. The minimum Gasteiger partial charge on any atom is -0.380 e. The number of benzene rings is 1. The average molecular weight is 369 g/mol. The number of hydrogen-bond donors (Lipinski definition) is 5. The number of alkyl halides is 1.